The van der Waals surface area contributed by atoms with Gasteiger partial charge in [-0.25, -0.2) is 0 Å². The molecule has 3 nitrogen and oxygen atoms in total. The topological polar surface area (TPSA) is 44.5 Å². The van der Waals surface area contributed by atoms with Gasteiger partial charge in [-0.05, 0) is 20.3 Å². The Hall–Kier alpha value is -0.120. The fraction of sp³-hybridized carbons (Fsp3) is 1.00. The van der Waals surface area contributed by atoms with Crippen LogP contribution in [0.4, 0.5) is 0 Å². The monoisotopic (exact) mass is 217 g/mol. The lowest BCUT2D eigenvalue weighted by Gasteiger charge is -2.23. The van der Waals surface area contributed by atoms with E-state index in [1.54, 1.807) is 0 Å². The minimum Gasteiger partial charge on any atom is -0.351 e. The van der Waals surface area contributed by atoms with Crippen molar-refractivity contribution in [3.63, 3.8) is 0 Å². The lowest BCUT2D eigenvalue weighted by Crippen LogP contribution is -2.38. The van der Waals surface area contributed by atoms with Crippen LogP contribution in [0, 0.1) is 0 Å². The largest absolute Gasteiger partial charge is 0.351 e. The van der Waals surface area contributed by atoms with Crippen LogP contribution in [0.15, 0.2) is 0 Å². The average Bonchev–Trinajstić information content (AvgIpc) is 2.24. The Morgan fingerprint density at radius 2 is 1.53 bits per heavy atom. The quantitative estimate of drug-likeness (QED) is 0.452. The van der Waals surface area contributed by atoms with Crippen LogP contribution in [-0.2, 0) is 9.47 Å². The third kappa shape index (κ3) is 7.77. The second-order valence-electron chi connectivity index (χ2n) is 3.79. The van der Waals surface area contributed by atoms with E-state index < -0.39 is 0 Å². The number of hydrogen-bond donors (Lipinski definition) is 1. The number of hydrogen-bond acceptors (Lipinski definition) is 3. The molecule has 92 valence electrons. The molecule has 2 N–H and O–H groups in total. The predicted octanol–water partition coefficient (Wildman–Crippen LogP) is 2.68. The summed E-state index contributed by atoms with van der Waals surface area (Å²) in [5, 5.41) is 0. The number of rotatable bonds is 10. The van der Waals surface area contributed by atoms with Gasteiger partial charge >= 0.3 is 0 Å². The standard InChI is InChI=1S/C12H27NO2/c1-4-7-8-9-10-11(13)12(14-5-2)15-6-3/h11-12H,4-10,13H2,1-3H3. The van der Waals surface area contributed by atoms with Crippen LogP contribution < -0.4 is 5.73 Å². The van der Waals surface area contributed by atoms with Crippen LogP contribution in [0.1, 0.15) is 52.9 Å². The molecule has 0 heterocycles. The highest BCUT2D eigenvalue weighted by atomic mass is 16.7. The van der Waals surface area contributed by atoms with Gasteiger partial charge in [0.05, 0.1) is 6.04 Å². The molecule has 1 unspecified atom stereocenters. The Kier molecular flexibility index (Phi) is 10.3. The molecule has 0 fully saturated rings. The van der Waals surface area contributed by atoms with Crippen molar-refractivity contribution in [3.05, 3.63) is 0 Å². The lowest BCUT2D eigenvalue weighted by molar-refractivity contribution is -0.149. The number of ether oxygens (including phenoxy) is 2. The lowest BCUT2D eigenvalue weighted by atomic mass is 10.1. The summed E-state index contributed by atoms with van der Waals surface area (Å²) in [5.74, 6) is 0. The zero-order valence-corrected chi connectivity index (χ0v) is 10.5. The molecule has 0 radical (unpaired) electrons. The minimum atomic E-state index is -0.221. The van der Waals surface area contributed by atoms with E-state index in [1.807, 2.05) is 13.8 Å². The molecule has 0 aromatic rings. The number of unbranched alkanes of at least 4 members (excludes halogenated alkanes) is 3. The fourth-order valence-electron chi connectivity index (χ4n) is 1.57. The molecular weight excluding hydrogens is 190 g/mol. The highest BCUT2D eigenvalue weighted by Gasteiger charge is 2.17. The molecule has 0 rings (SSSR count). The SMILES string of the molecule is CCCCCCC(N)C(OCC)OCC. The Balaban J connectivity index is 3.65. The van der Waals surface area contributed by atoms with Crippen LogP contribution in [0.5, 0.6) is 0 Å². The molecular formula is C12H27NO2. The maximum atomic E-state index is 6.02. The van der Waals surface area contributed by atoms with Crippen LogP contribution in [0.25, 0.3) is 0 Å². The van der Waals surface area contributed by atoms with Crippen molar-refractivity contribution in [3.8, 4) is 0 Å². The van der Waals surface area contributed by atoms with Gasteiger partial charge in [0.25, 0.3) is 0 Å². The molecule has 0 bridgehead atoms. The normalized spacial score (nSPS) is 13.4. The van der Waals surface area contributed by atoms with Gasteiger partial charge < -0.3 is 15.2 Å². The molecule has 0 aliphatic carbocycles. The summed E-state index contributed by atoms with van der Waals surface area (Å²) in [6.45, 7) is 7.47. The molecule has 1 atom stereocenters. The van der Waals surface area contributed by atoms with E-state index in [-0.39, 0.29) is 12.3 Å². The summed E-state index contributed by atoms with van der Waals surface area (Å²) in [7, 11) is 0. The van der Waals surface area contributed by atoms with Crippen molar-refractivity contribution in [1.29, 1.82) is 0 Å². The maximum Gasteiger partial charge on any atom is 0.172 e. The molecule has 0 aromatic carbocycles. The van der Waals surface area contributed by atoms with E-state index in [9.17, 15) is 0 Å². The van der Waals surface area contributed by atoms with Crippen LogP contribution >= 0.6 is 0 Å². The molecule has 0 aliphatic rings. The average molecular weight is 217 g/mol. The summed E-state index contributed by atoms with van der Waals surface area (Å²) >= 11 is 0. The first-order valence-corrected chi connectivity index (χ1v) is 6.24. The molecule has 0 spiro atoms. The first-order chi connectivity index (χ1) is 7.26. The fourth-order valence-corrected chi connectivity index (χ4v) is 1.57. The Labute approximate surface area is 94.3 Å². The van der Waals surface area contributed by atoms with Gasteiger partial charge in [0.15, 0.2) is 6.29 Å². The second kappa shape index (κ2) is 10.4. The van der Waals surface area contributed by atoms with Crippen molar-refractivity contribution < 1.29 is 9.47 Å². The van der Waals surface area contributed by atoms with Gasteiger partial charge in [-0.15, -0.1) is 0 Å². The van der Waals surface area contributed by atoms with E-state index in [4.69, 9.17) is 15.2 Å². The Bertz CT molecular complexity index is 125. The van der Waals surface area contributed by atoms with Crippen molar-refractivity contribution >= 4 is 0 Å². The van der Waals surface area contributed by atoms with E-state index in [2.05, 4.69) is 6.92 Å². The first kappa shape index (κ1) is 14.9. The minimum absolute atomic E-state index is 0.0155. The van der Waals surface area contributed by atoms with Crippen LogP contribution in [0.3, 0.4) is 0 Å². The molecule has 0 aromatic heterocycles. The van der Waals surface area contributed by atoms with Gasteiger partial charge in [0.1, 0.15) is 0 Å². The van der Waals surface area contributed by atoms with Crippen molar-refractivity contribution in [2.75, 3.05) is 13.2 Å². The van der Waals surface area contributed by atoms with E-state index in [0.717, 1.165) is 6.42 Å². The van der Waals surface area contributed by atoms with Crippen molar-refractivity contribution in [2.45, 2.75) is 65.2 Å². The first-order valence-electron chi connectivity index (χ1n) is 6.24. The molecule has 0 aliphatic heterocycles. The van der Waals surface area contributed by atoms with Gasteiger partial charge in [-0.1, -0.05) is 32.6 Å². The zero-order chi connectivity index (χ0) is 11.5. The smallest absolute Gasteiger partial charge is 0.172 e. The van der Waals surface area contributed by atoms with Gasteiger partial charge in [-0.3, -0.25) is 0 Å². The molecule has 0 amide bonds. The summed E-state index contributed by atoms with van der Waals surface area (Å²) in [6.07, 6.45) is 5.75. The molecule has 15 heavy (non-hydrogen) atoms. The van der Waals surface area contributed by atoms with Gasteiger partial charge in [0.2, 0.25) is 0 Å². The summed E-state index contributed by atoms with van der Waals surface area (Å²) in [6, 6.07) is 0.0155. The predicted molar refractivity (Wildman–Crippen MR) is 63.8 cm³/mol. The molecule has 0 saturated carbocycles. The van der Waals surface area contributed by atoms with E-state index in [1.165, 1.54) is 25.7 Å². The highest BCUT2D eigenvalue weighted by molar-refractivity contribution is 4.66. The molecule has 0 saturated heterocycles. The van der Waals surface area contributed by atoms with Crippen LogP contribution in [0.2, 0.25) is 0 Å². The van der Waals surface area contributed by atoms with E-state index >= 15 is 0 Å². The Morgan fingerprint density at radius 3 is 2.00 bits per heavy atom. The van der Waals surface area contributed by atoms with Gasteiger partial charge in [0, 0.05) is 13.2 Å². The highest BCUT2D eigenvalue weighted by Crippen LogP contribution is 2.09. The maximum absolute atomic E-state index is 6.02. The summed E-state index contributed by atoms with van der Waals surface area (Å²) in [5.41, 5.74) is 6.02. The Morgan fingerprint density at radius 1 is 0.933 bits per heavy atom. The van der Waals surface area contributed by atoms with Gasteiger partial charge in [-0.2, -0.15) is 0 Å². The third-order valence-electron chi connectivity index (χ3n) is 2.40. The molecule has 3 heteroatoms. The number of nitrogens with two attached hydrogens (primary N) is 1. The zero-order valence-electron chi connectivity index (χ0n) is 10.5. The van der Waals surface area contributed by atoms with Crippen molar-refractivity contribution in [2.24, 2.45) is 5.73 Å². The summed E-state index contributed by atoms with van der Waals surface area (Å²) < 4.78 is 10.9. The van der Waals surface area contributed by atoms with Crippen molar-refractivity contribution in [1.82, 2.24) is 0 Å². The third-order valence-corrected chi connectivity index (χ3v) is 2.40. The second-order valence-corrected chi connectivity index (χ2v) is 3.79. The van der Waals surface area contributed by atoms with Crippen LogP contribution in [-0.4, -0.2) is 25.5 Å². The van der Waals surface area contributed by atoms with E-state index in [0.29, 0.717) is 13.2 Å². The summed E-state index contributed by atoms with van der Waals surface area (Å²) in [4.78, 5) is 0.